The lowest BCUT2D eigenvalue weighted by Gasteiger charge is -2.30. The van der Waals surface area contributed by atoms with Crippen LogP contribution in [0.3, 0.4) is 0 Å². The molecule has 268 valence electrons. The molecule has 8 heteroatoms. The normalized spacial score (nSPS) is 11.3. The van der Waals surface area contributed by atoms with E-state index in [1.807, 2.05) is 18.2 Å². The van der Waals surface area contributed by atoms with Crippen molar-refractivity contribution in [2.75, 3.05) is 60.2 Å². The number of carbonyl (C=O) groups is 1. The average molecular weight is 830 g/mol. The van der Waals surface area contributed by atoms with Crippen molar-refractivity contribution < 1.29 is 69.3 Å². The Morgan fingerprint density at radius 2 is 1.02 bits per heavy atom. The van der Waals surface area contributed by atoms with Crippen LogP contribution in [0.4, 0.5) is 5.82 Å². The van der Waals surface area contributed by atoms with E-state index < -0.39 is 0 Å². The van der Waals surface area contributed by atoms with Crippen LogP contribution in [0.15, 0.2) is 24.4 Å². The molecule has 0 bridgehead atoms. The maximum Gasteiger partial charge on any atom is 0.307 e. The minimum atomic E-state index is 0. The van der Waals surface area contributed by atoms with Gasteiger partial charge in [-0.15, -0.1) is 0 Å². The van der Waals surface area contributed by atoms with E-state index in [1.165, 1.54) is 133 Å². The third kappa shape index (κ3) is 31.0. The fourth-order valence-corrected chi connectivity index (χ4v) is 5.78. The van der Waals surface area contributed by atoms with Crippen LogP contribution in [0.5, 0.6) is 0 Å². The molecule has 0 aliphatic carbocycles. The number of quaternary nitrogens is 2. The van der Waals surface area contributed by atoms with Crippen molar-refractivity contribution in [2.45, 2.75) is 148 Å². The Balaban J connectivity index is -0.00000588. The molecule has 0 aliphatic rings. The molecule has 1 aromatic heterocycles. The Bertz CT molecular complexity index is 802. The zero-order valence-electron chi connectivity index (χ0n) is 30.4. The molecule has 1 heterocycles. The van der Waals surface area contributed by atoms with E-state index in [1.54, 1.807) is 0 Å². The van der Waals surface area contributed by atoms with Crippen LogP contribution in [-0.2, 0) is 11.3 Å². The minimum Gasteiger partial charge on any atom is -1.00 e. The Morgan fingerprint density at radius 1 is 0.600 bits per heavy atom. The molecule has 1 rings (SSSR count). The predicted octanol–water partition coefficient (Wildman–Crippen LogP) is -0.0808. The van der Waals surface area contributed by atoms with Gasteiger partial charge in [0.25, 0.3) is 5.82 Å². The first kappa shape index (κ1) is 49.4. The van der Waals surface area contributed by atoms with Crippen molar-refractivity contribution in [3.63, 3.8) is 0 Å². The van der Waals surface area contributed by atoms with Crippen molar-refractivity contribution in [1.82, 2.24) is 0 Å². The quantitative estimate of drug-likeness (QED) is 0.0717. The minimum absolute atomic E-state index is 0. The van der Waals surface area contributed by atoms with Crippen LogP contribution >= 0.6 is 0 Å². The SMILES string of the molecule is CCCCCCCCCCCCCC[N+](C)(C)CCCCCCCCCCC(=O)Nc1cccc[n+]1CC[N+](C)(C)C.[Br-].[Br-].[Br-]. The Morgan fingerprint density at radius 3 is 1.47 bits per heavy atom. The van der Waals surface area contributed by atoms with E-state index in [-0.39, 0.29) is 56.9 Å². The second-order valence-electron chi connectivity index (χ2n) is 14.7. The van der Waals surface area contributed by atoms with Crippen LogP contribution in [0.1, 0.15) is 142 Å². The third-order valence-corrected chi connectivity index (χ3v) is 8.75. The highest BCUT2D eigenvalue weighted by Gasteiger charge is 2.16. The maximum absolute atomic E-state index is 12.5. The first-order valence-electron chi connectivity index (χ1n) is 18.0. The van der Waals surface area contributed by atoms with Crippen LogP contribution in [0, 0.1) is 0 Å². The summed E-state index contributed by atoms with van der Waals surface area (Å²) in [4.78, 5) is 12.5. The maximum atomic E-state index is 12.5. The number of hydrogen-bond donors (Lipinski definition) is 1. The Kier molecular flexibility index (Phi) is 34.3. The van der Waals surface area contributed by atoms with E-state index >= 15 is 0 Å². The summed E-state index contributed by atoms with van der Waals surface area (Å²) in [5.74, 6) is 1.05. The molecule has 0 aliphatic heterocycles. The standard InChI is InChI=1S/C37H72N4O.3BrH/c1-7-8-9-10-11-12-13-14-16-19-22-27-33-41(5,6)34-28-23-20-17-15-18-21-24-30-37(42)38-36-29-25-26-31-39(36)32-35-40(2,3)4;;;/h25-26,29,31H,7-24,27-28,30,32-35H2,1-6H3;3*1H/q+2;;;/p-2. The molecule has 45 heavy (non-hydrogen) atoms. The predicted molar refractivity (Wildman–Crippen MR) is 183 cm³/mol. The number of rotatable bonds is 28. The lowest BCUT2D eigenvalue weighted by atomic mass is 10.0. The average Bonchev–Trinajstić information content (AvgIpc) is 2.93. The smallest absolute Gasteiger partial charge is 0.307 e. The molecule has 1 aromatic rings. The third-order valence-electron chi connectivity index (χ3n) is 8.75. The molecule has 0 saturated heterocycles. The van der Waals surface area contributed by atoms with Gasteiger partial charge in [0.2, 0.25) is 0 Å². The van der Waals surface area contributed by atoms with Gasteiger partial charge in [0.1, 0.15) is 13.1 Å². The summed E-state index contributed by atoms with van der Waals surface area (Å²) in [5, 5.41) is 3.13. The molecular formula is C37H73Br3N4O. The number of hydrogen-bond acceptors (Lipinski definition) is 1. The highest BCUT2D eigenvalue weighted by Crippen LogP contribution is 2.15. The number of pyridine rings is 1. The topological polar surface area (TPSA) is 33.0 Å². The van der Waals surface area contributed by atoms with Crippen LogP contribution in [0.25, 0.3) is 0 Å². The molecular weight excluding hydrogens is 756 g/mol. The molecule has 0 saturated carbocycles. The summed E-state index contributed by atoms with van der Waals surface area (Å²) in [5.41, 5.74) is 0. The number of halogens is 3. The number of aromatic nitrogens is 1. The van der Waals surface area contributed by atoms with E-state index in [2.05, 4.69) is 58.2 Å². The van der Waals surface area contributed by atoms with Crippen molar-refractivity contribution in [2.24, 2.45) is 0 Å². The first-order valence-corrected chi connectivity index (χ1v) is 18.0. The zero-order chi connectivity index (χ0) is 30.9. The van der Waals surface area contributed by atoms with Gasteiger partial charge in [0.05, 0.1) is 54.5 Å². The second-order valence-corrected chi connectivity index (χ2v) is 14.7. The van der Waals surface area contributed by atoms with Gasteiger partial charge in [-0.2, -0.15) is 0 Å². The molecule has 0 atom stereocenters. The largest absolute Gasteiger partial charge is 1.00 e. The Hall–Kier alpha value is -0.0200. The number of carbonyl (C=O) groups excluding carboxylic acids is 1. The van der Waals surface area contributed by atoms with Gasteiger partial charge in [-0.1, -0.05) is 109 Å². The molecule has 5 nitrogen and oxygen atoms in total. The first-order chi connectivity index (χ1) is 20.1. The van der Waals surface area contributed by atoms with Crippen molar-refractivity contribution in [3.8, 4) is 0 Å². The van der Waals surface area contributed by atoms with E-state index in [9.17, 15) is 4.79 Å². The van der Waals surface area contributed by atoms with Gasteiger partial charge in [-0.3, -0.25) is 0 Å². The lowest BCUT2D eigenvalue weighted by Crippen LogP contribution is -3.00. The van der Waals surface area contributed by atoms with Gasteiger partial charge >= 0.3 is 5.91 Å². The van der Waals surface area contributed by atoms with Gasteiger partial charge < -0.3 is 59.9 Å². The molecule has 1 amide bonds. The number of amides is 1. The number of anilines is 1. The molecule has 0 aromatic carbocycles. The molecule has 0 radical (unpaired) electrons. The van der Waals surface area contributed by atoms with Crippen LogP contribution in [-0.4, -0.2) is 69.7 Å². The molecule has 0 unspecified atom stereocenters. The highest BCUT2D eigenvalue weighted by atomic mass is 79.9. The second kappa shape index (κ2) is 31.3. The van der Waals surface area contributed by atoms with E-state index in [4.69, 9.17) is 0 Å². The summed E-state index contributed by atoms with van der Waals surface area (Å²) in [6.07, 6.45) is 30.0. The summed E-state index contributed by atoms with van der Waals surface area (Å²) in [6.45, 7) is 6.88. The van der Waals surface area contributed by atoms with Crippen LogP contribution < -0.4 is 60.8 Å². The number of likely N-dealkylation sites (N-methyl/N-ethyl adjacent to an activating group) is 1. The molecule has 0 fully saturated rings. The van der Waals surface area contributed by atoms with Gasteiger partial charge in [-0.25, -0.2) is 14.7 Å². The number of nitrogens with zero attached hydrogens (tertiary/aromatic N) is 3. The van der Waals surface area contributed by atoms with E-state index in [0.29, 0.717) is 6.42 Å². The van der Waals surface area contributed by atoms with Crippen molar-refractivity contribution in [1.29, 1.82) is 0 Å². The zero-order valence-corrected chi connectivity index (χ0v) is 35.1. The van der Waals surface area contributed by atoms with Crippen molar-refractivity contribution >= 4 is 11.7 Å². The number of nitrogens with one attached hydrogen (secondary N) is 1. The van der Waals surface area contributed by atoms with Crippen LogP contribution in [0.2, 0.25) is 0 Å². The Labute approximate surface area is 312 Å². The van der Waals surface area contributed by atoms with Gasteiger partial charge in [0, 0.05) is 12.5 Å². The number of unbranched alkanes of at least 4 members (excludes halogenated alkanes) is 18. The fraction of sp³-hybridized carbons (Fsp3) is 0.838. The lowest BCUT2D eigenvalue weighted by molar-refractivity contribution is -0.891. The highest BCUT2D eigenvalue weighted by molar-refractivity contribution is 5.88. The molecule has 0 spiro atoms. The van der Waals surface area contributed by atoms with Gasteiger partial charge in [-0.05, 0) is 38.2 Å². The molecule has 1 N–H and O–H groups in total. The van der Waals surface area contributed by atoms with E-state index in [0.717, 1.165) is 36.2 Å². The fourth-order valence-electron chi connectivity index (χ4n) is 5.78. The van der Waals surface area contributed by atoms with Gasteiger partial charge in [0.15, 0.2) is 0 Å². The monoisotopic (exact) mass is 826 g/mol. The summed E-state index contributed by atoms with van der Waals surface area (Å²) in [6, 6.07) is 6.04. The summed E-state index contributed by atoms with van der Waals surface area (Å²) >= 11 is 0. The summed E-state index contributed by atoms with van der Waals surface area (Å²) < 4.78 is 4.26. The van der Waals surface area contributed by atoms with Crippen molar-refractivity contribution in [3.05, 3.63) is 24.4 Å². The summed E-state index contributed by atoms with van der Waals surface area (Å²) in [7, 11) is 11.4.